The highest BCUT2D eigenvalue weighted by atomic mass is 16.7. The first kappa shape index (κ1) is 14.3. The summed E-state index contributed by atoms with van der Waals surface area (Å²) in [4.78, 5) is 8.94. The van der Waals surface area contributed by atoms with Crippen molar-refractivity contribution in [2.24, 2.45) is 9.98 Å². The molecule has 3 heterocycles. The number of aliphatic imine (C=N–C) groups is 1. The second-order valence-electron chi connectivity index (χ2n) is 6.30. The Morgan fingerprint density at radius 2 is 2.08 bits per heavy atom. The number of rotatable bonds is 4. The van der Waals surface area contributed by atoms with E-state index < -0.39 is 0 Å². The molecule has 0 atom stereocenters. The monoisotopic (exact) mass is 335 g/mol. The smallest absolute Gasteiger partial charge is 0.231 e. The van der Waals surface area contributed by atoms with Gasteiger partial charge in [-0.2, -0.15) is 0 Å². The molecule has 126 valence electrons. The fourth-order valence-electron chi connectivity index (χ4n) is 3.48. The first-order valence-corrected chi connectivity index (χ1v) is 8.40. The van der Waals surface area contributed by atoms with E-state index in [1.165, 1.54) is 5.57 Å². The van der Waals surface area contributed by atoms with Crippen LogP contribution in [-0.2, 0) is 6.42 Å². The number of hydrogen-bond donors (Lipinski definition) is 2. The highest BCUT2D eigenvalue weighted by Crippen LogP contribution is 2.34. The minimum absolute atomic E-state index is 0.202. The van der Waals surface area contributed by atoms with Crippen LogP contribution in [0.5, 0.6) is 17.2 Å². The Hall–Kier alpha value is -3.02. The topological polar surface area (TPSA) is 75.4 Å². The lowest BCUT2D eigenvalue weighted by Crippen LogP contribution is -2.30. The highest BCUT2D eigenvalue weighted by molar-refractivity contribution is 6.08. The van der Waals surface area contributed by atoms with Gasteiger partial charge in [0.25, 0.3) is 0 Å². The van der Waals surface area contributed by atoms with Crippen LogP contribution < -0.4 is 25.4 Å². The van der Waals surface area contributed by atoms with E-state index in [2.05, 4.69) is 15.3 Å². The lowest BCUT2D eigenvalue weighted by atomic mass is 10.1. The lowest BCUT2D eigenvalue weighted by Gasteiger charge is -2.12. The van der Waals surface area contributed by atoms with Gasteiger partial charge in [-0.1, -0.05) is 6.07 Å². The predicted molar refractivity (Wildman–Crippen MR) is 94.7 cm³/mol. The predicted octanol–water partition coefficient (Wildman–Crippen LogP) is 1.67. The lowest BCUT2D eigenvalue weighted by molar-refractivity contribution is 0.174. The van der Waals surface area contributed by atoms with Gasteiger partial charge in [0, 0.05) is 24.5 Å². The van der Waals surface area contributed by atoms with E-state index in [1.54, 1.807) is 0 Å². The first-order valence-electron chi connectivity index (χ1n) is 8.40. The Morgan fingerprint density at radius 1 is 1.16 bits per heavy atom. The second-order valence-corrected chi connectivity index (χ2v) is 6.30. The number of phenols is 1. The molecule has 0 saturated heterocycles. The molecule has 0 spiro atoms. The van der Waals surface area contributed by atoms with E-state index in [9.17, 15) is 5.11 Å². The van der Waals surface area contributed by atoms with Gasteiger partial charge in [0.1, 0.15) is 5.69 Å². The molecule has 3 aliphatic rings. The molecule has 25 heavy (non-hydrogen) atoms. The number of ether oxygens (including phenoxy) is 2. The van der Waals surface area contributed by atoms with Crippen molar-refractivity contribution in [3.05, 3.63) is 40.4 Å². The standard InChI is InChI=1S/C19H17N3O3/c23-19-14(8-13-17-12(4-6-20-13)9-22-18(17)19)21-5-3-11-1-2-15-16(7-11)25-10-24-15/h1-2,7-9,21,23H,3-6,10H2. The molecular formula is C19H17N3O3. The molecule has 2 N–H and O–H groups in total. The van der Waals surface area contributed by atoms with Gasteiger partial charge in [-0.3, -0.25) is 9.98 Å². The van der Waals surface area contributed by atoms with E-state index >= 15 is 0 Å². The van der Waals surface area contributed by atoms with Crippen LogP contribution in [-0.4, -0.2) is 31.2 Å². The Balaban J connectivity index is 1.37. The normalized spacial score (nSPS) is 15.9. The van der Waals surface area contributed by atoms with Crippen molar-refractivity contribution in [1.82, 2.24) is 0 Å². The zero-order valence-corrected chi connectivity index (χ0v) is 13.6. The van der Waals surface area contributed by atoms with Crippen molar-refractivity contribution in [2.45, 2.75) is 12.8 Å². The number of nitrogens with one attached hydrogen (secondary N) is 1. The first-order chi connectivity index (χ1) is 12.3. The maximum absolute atomic E-state index is 10.5. The van der Waals surface area contributed by atoms with Gasteiger partial charge in [-0.25, -0.2) is 0 Å². The van der Waals surface area contributed by atoms with Crippen LogP contribution in [0.1, 0.15) is 12.0 Å². The average Bonchev–Trinajstić information content (AvgIpc) is 3.26. The van der Waals surface area contributed by atoms with Gasteiger partial charge in [0.15, 0.2) is 17.2 Å². The molecule has 0 aliphatic carbocycles. The molecule has 5 rings (SSSR count). The summed E-state index contributed by atoms with van der Waals surface area (Å²) in [7, 11) is 0. The third kappa shape index (κ3) is 2.33. The minimum Gasteiger partial charge on any atom is -0.504 e. The Bertz CT molecular complexity index is 1030. The third-order valence-electron chi connectivity index (χ3n) is 4.75. The summed E-state index contributed by atoms with van der Waals surface area (Å²) >= 11 is 0. The molecule has 6 nitrogen and oxygen atoms in total. The third-order valence-corrected chi connectivity index (χ3v) is 4.75. The van der Waals surface area contributed by atoms with E-state index in [0.717, 1.165) is 47.0 Å². The van der Waals surface area contributed by atoms with Gasteiger partial charge in [0.2, 0.25) is 6.79 Å². The minimum atomic E-state index is 0.202. The Kier molecular flexibility index (Phi) is 3.16. The van der Waals surface area contributed by atoms with Gasteiger partial charge >= 0.3 is 0 Å². The van der Waals surface area contributed by atoms with Crippen LogP contribution in [0.2, 0.25) is 0 Å². The fourth-order valence-corrected chi connectivity index (χ4v) is 3.48. The molecule has 0 bridgehead atoms. The number of hydrogen-bond acceptors (Lipinski definition) is 6. The summed E-state index contributed by atoms with van der Waals surface area (Å²) in [6.45, 7) is 1.74. The van der Waals surface area contributed by atoms with Gasteiger partial charge in [-0.05, 0) is 42.2 Å². The number of nitrogens with zero attached hydrogens (tertiary/aromatic N) is 2. The molecular weight excluding hydrogens is 318 g/mol. The maximum atomic E-state index is 10.5. The largest absolute Gasteiger partial charge is 0.504 e. The Labute approximate surface area is 144 Å². The summed E-state index contributed by atoms with van der Waals surface area (Å²) in [5.41, 5.74) is 3.64. The summed E-state index contributed by atoms with van der Waals surface area (Å²) in [6.07, 6.45) is 3.54. The van der Waals surface area contributed by atoms with Crippen LogP contribution in [0.3, 0.4) is 0 Å². The van der Waals surface area contributed by atoms with Crippen LogP contribution in [0.25, 0.3) is 5.57 Å². The zero-order valence-electron chi connectivity index (χ0n) is 13.6. The van der Waals surface area contributed by atoms with E-state index in [4.69, 9.17) is 9.47 Å². The second kappa shape index (κ2) is 5.51. The van der Waals surface area contributed by atoms with Gasteiger partial charge in [0.05, 0.1) is 11.0 Å². The number of aromatic hydroxyl groups is 1. The summed E-state index contributed by atoms with van der Waals surface area (Å²) in [5, 5.41) is 15.7. The highest BCUT2D eigenvalue weighted by Gasteiger charge is 2.19. The number of fused-ring (bicyclic) bond motifs is 1. The van der Waals surface area contributed by atoms with Crippen molar-refractivity contribution in [2.75, 3.05) is 25.2 Å². The molecule has 2 aromatic rings. The molecule has 0 amide bonds. The fraction of sp³-hybridized carbons (Fsp3) is 0.263. The molecule has 0 radical (unpaired) electrons. The van der Waals surface area contributed by atoms with Crippen molar-refractivity contribution in [3.63, 3.8) is 0 Å². The van der Waals surface area contributed by atoms with Crippen molar-refractivity contribution >= 4 is 23.2 Å². The molecule has 0 unspecified atom stereocenters. The average molecular weight is 335 g/mol. The van der Waals surface area contributed by atoms with Gasteiger partial charge < -0.3 is 19.9 Å². The number of anilines is 1. The zero-order chi connectivity index (χ0) is 16.8. The quantitative estimate of drug-likeness (QED) is 0.834. The van der Waals surface area contributed by atoms with Crippen LogP contribution in [0.15, 0.2) is 34.3 Å². The molecule has 6 heteroatoms. The summed E-state index contributed by atoms with van der Waals surface area (Å²) < 4.78 is 10.7. The van der Waals surface area contributed by atoms with Crippen LogP contribution >= 0.6 is 0 Å². The summed E-state index contributed by atoms with van der Waals surface area (Å²) in [6, 6.07) is 7.88. The van der Waals surface area contributed by atoms with Crippen LogP contribution in [0, 0.1) is 0 Å². The molecule has 2 aromatic carbocycles. The van der Waals surface area contributed by atoms with Crippen molar-refractivity contribution in [1.29, 1.82) is 0 Å². The molecule has 0 aromatic heterocycles. The van der Waals surface area contributed by atoms with Crippen molar-refractivity contribution in [3.8, 4) is 17.2 Å². The van der Waals surface area contributed by atoms with E-state index in [0.29, 0.717) is 17.9 Å². The van der Waals surface area contributed by atoms with Gasteiger partial charge in [-0.15, -0.1) is 0 Å². The number of phenolic OH excluding ortho intramolecular Hbond substituents is 1. The Morgan fingerprint density at radius 3 is 3.04 bits per heavy atom. The molecule has 0 saturated carbocycles. The molecule has 0 fully saturated rings. The van der Waals surface area contributed by atoms with E-state index in [-0.39, 0.29) is 12.5 Å². The number of benzene rings is 2. The molecule has 3 aliphatic heterocycles. The van der Waals surface area contributed by atoms with Crippen LogP contribution in [0.4, 0.5) is 11.4 Å². The summed E-state index contributed by atoms with van der Waals surface area (Å²) in [5.74, 6) is 1.78. The SMILES string of the molecule is Oc1c(NCCc2ccc3c(c2)OCO3)cc2c3c1N=CC=3CCN=2. The van der Waals surface area contributed by atoms with E-state index in [1.807, 2.05) is 30.5 Å². The van der Waals surface area contributed by atoms with Crippen molar-refractivity contribution < 1.29 is 14.6 Å². The maximum Gasteiger partial charge on any atom is 0.231 e.